The molecule has 1 N–H and O–H groups in total. The van der Waals surface area contributed by atoms with Gasteiger partial charge in [0.2, 0.25) is 0 Å². The SMILES string of the molecule is CC#CCCNc1ncc([N+](=O)[O-])c(C)c1Br. The van der Waals surface area contributed by atoms with Crippen molar-refractivity contribution < 1.29 is 4.92 Å². The van der Waals surface area contributed by atoms with Gasteiger partial charge >= 0.3 is 0 Å². The molecule has 0 atom stereocenters. The van der Waals surface area contributed by atoms with E-state index >= 15 is 0 Å². The number of rotatable bonds is 4. The van der Waals surface area contributed by atoms with Crippen LogP contribution in [0.2, 0.25) is 0 Å². The van der Waals surface area contributed by atoms with Crippen molar-refractivity contribution in [3.8, 4) is 11.8 Å². The third-order valence-corrected chi connectivity index (χ3v) is 3.12. The summed E-state index contributed by atoms with van der Waals surface area (Å²) in [7, 11) is 0. The number of hydrogen-bond donors (Lipinski definition) is 1. The van der Waals surface area contributed by atoms with Crippen molar-refractivity contribution in [2.45, 2.75) is 20.3 Å². The number of nitrogens with one attached hydrogen (secondary N) is 1. The minimum Gasteiger partial charge on any atom is -0.368 e. The molecule has 0 saturated heterocycles. The predicted molar refractivity (Wildman–Crippen MR) is 69.9 cm³/mol. The van der Waals surface area contributed by atoms with E-state index in [1.54, 1.807) is 13.8 Å². The Kier molecular flexibility index (Phi) is 4.91. The Morgan fingerprint density at radius 3 is 2.94 bits per heavy atom. The lowest BCUT2D eigenvalue weighted by atomic mass is 10.2. The summed E-state index contributed by atoms with van der Waals surface area (Å²) in [6.45, 7) is 4.12. The van der Waals surface area contributed by atoms with Crippen LogP contribution in [0, 0.1) is 28.9 Å². The fourth-order valence-corrected chi connectivity index (χ4v) is 1.69. The van der Waals surface area contributed by atoms with E-state index in [0.29, 0.717) is 28.8 Å². The van der Waals surface area contributed by atoms with Gasteiger partial charge in [-0.2, -0.15) is 0 Å². The number of nitrogens with zero attached hydrogens (tertiary/aromatic N) is 2. The van der Waals surface area contributed by atoms with Gasteiger partial charge in [0.25, 0.3) is 5.69 Å². The average molecular weight is 298 g/mol. The van der Waals surface area contributed by atoms with Crippen molar-refractivity contribution in [1.82, 2.24) is 4.98 Å². The van der Waals surface area contributed by atoms with Gasteiger partial charge in [-0.25, -0.2) is 4.98 Å². The molecule has 1 aromatic heterocycles. The Morgan fingerprint density at radius 1 is 1.65 bits per heavy atom. The van der Waals surface area contributed by atoms with E-state index in [-0.39, 0.29) is 5.69 Å². The van der Waals surface area contributed by atoms with E-state index in [1.807, 2.05) is 0 Å². The van der Waals surface area contributed by atoms with Crippen LogP contribution in [0.1, 0.15) is 18.9 Å². The molecule has 0 saturated carbocycles. The quantitative estimate of drug-likeness (QED) is 0.401. The zero-order valence-corrected chi connectivity index (χ0v) is 11.2. The Balaban J connectivity index is 2.84. The first kappa shape index (κ1) is 13.5. The Labute approximate surface area is 108 Å². The summed E-state index contributed by atoms with van der Waals surface area (Å²) < 4.78 is 0.621. The number of nitro groups is 1. The van der Waals surface area contributed by atoms with Gasteiger partial charge in [-0.15, -0.1) is 11.8 Å². The summed E-state index contributed by atoms with van der Waals surface area (Å²) in [5, 5.41) is 13.8. The zero-order chi connectivity index (χ0) is 12.8. The zero-order valence-electron chi connectivity index (χ0n) is 9.58. The highest BCUT2D eigenvalue weighted by atomic mass is 79.9. The molecule has 5 nitrogen and oxygen atoms in total. The summed E-state index contributed by atoms with van der Waals surface area (Å²) >= 11 is 3.30. The molecule has 1 heterocycles. The van der Waals surface area contributed by atoms with Gasteiger partial charge in [0, 0.05) is 18.5 Å². The molecule has 0 radical (unpaired) electrons. The summed E-state index contributed by atoms with van der Waals surface area (Å²) in [5.74, 6) is 6.31. The van der Waals surface area contributed by atoms with Crippen LogP contribution in [0.3, 0.4) is 0 Å². The lowest BCUT2D eigenvalue weighted by molar-refractivity contribution is -0.385. The molecule has 0 amide bonds. The van der Waals surface area contributed by atoms with Crippen LogP contribution < -0.4 is 5.32 Å². The maximum Gasteiger partial charge on any atom is 0.291 e. The van der Waals surface area contributed by atoms with Gasteiger partial charge in [-0.3, -0.25) is 10.1 Å². The van der Waals surface area contributed by atoms with E-state index in [1.165, 1.54) is 6.20 Å². The van der Waals surface area contributed by atoms with Crippen molar-refractivity contribution in [3.05, 3.63) is 26.3 Å². The Morgan fingerprint density at radius 2 is 2.35 bits per heavy atom. The van der Waals surface area contributed by atoms with E-state index < -0.39 is 4.92 Å². The van der Waals surface area contributed by atoms with Crippen LogP contribution in [0.5, 0.6) is 0 Å². The molecule has 0 spiro atoms. The number of hydrogen-bond acceptors (Lipinski definition) is 4. The largest absolute Gasteiger partial charge is 0.368 e. The lowest BCUT2D eigenvalue weighted by Crippen LogP contribution is -2.05. The van der Waals surface area contributed by atoms with E-state index in [9.17, 15) is 10.1 Å². The minimum atomic E-state index is -0.445. The van der Waals surface area contributed by atoms with Gasteiger partial charge in [-0.1, -0.05) is 0 Å². The molecule has 0 unspecified atom stereocenters. The standard InChI is InChI=1S/C11H12BrN3O2/c1-3-4-5-6-13-11-10(12)8(2)9(7-14-11)15(16)17/h7H,5-6H2,1-2H3,(H,13,14). The summed E-state index contributed by atoms with van der Waals surface area (Å²) in [6, 6.07) is 0. The molecule has 1 rings (SSSR count). The molecule has 17 heavy (non-hydrogen) atoms. The van der Waals surface area contributed by atoms with Crippen LogP contribution in [0.15, 0.2) is 10.7 Å². The average Bonchev–Trinajstić information content (AvgIpc) is 2.29. The number of aromatic nitrogens is 1. The molecular weight excluding hydrogens is 286 g/mol. The van der Waals surface area contributed by atoms with Crippen LogP contribution in [0.4, 0.5) is 11.5 Å². The second-order valence-electron chi connectivity index (χ2n) is 3.29. The maximum atomic E-state index is 10.7. The van der Waals surface area contributed by atoms with Crippen LogP contribution >= 0.6 is 15.9 Å². The minimum absolute atomic E-state index is 0.00998. The van der Waals surface area contributed by atoms with Crippen LogP contribution in [-0.2, 0) is 0 Å². The van der Waals surface area contributed by atoms with Crippen molar-refractivity contribution >= 4 is 27.4 Å². The normalized spacial score (nSPS) is 9.35. The summed E-state index contributed by atoms with van der Waals surface area (Å²) in [4.78, 5) is 14.3. The molecule has 0 aliphatic carbocycles. The monoisotopic (exact) mass is 297 g/mol. The first-order chi connectivity index (χ1) is 8.07. The van der Waals surface area contributed by atoms with Gasteiger partial charge < -0.3 is 5.32 Å². The highest BCUT2D eigenvalue weighted by Crippen LogP contribution is 2.30. The van der Waals surface area contributed by atoms with Crippen molar-refractivity contribution in [1.29, 1.82) is 0 Å². The molecule has 0 aliphatic rings. The molecule has 1 aromatic rings. The third kappa shape index (κ3) is 3.43. The van der Waals surface area contributed by atoms with Crippen molar-refractivity contribution in [3.63, 3.8) is 0 Å². The highest BCUT2D eigenvalue weighted by Gasteiger charge is 2.16. The molecule has 0 fully saturated rings. The molecular formula is C11H12BrN3O2. The Hall–Kier alpha value is -1.61. The topological polar surface area (TPSA) is 68.1 Å². The van der Waals surface area contributed by atoms with Gasteiger partial charge in [0.15, 0.2) is 0 Å². The Bertz CT molecular complexity index is 491. The summed E-state index contributed by atoms with van der Waals surface area (Å²) in [6.07, 6.45) is 1.97. The molecule has 0 aliphatic heterocycles. The molecule has 0 bridgehead atoms. The highest BCUT2D eigenvalue weighted by molar-refractivity contribution is 9.10. The van der Waals surface area contributed by atoms with E-state index in [2.05, 4.69) is 38.1 Å². The molecule has 0 aromatic carbocycles. The predicted octanol–water partition coefficient (Wildman–Crippen LogP) is 2.89. The number of anilines is 1. The van der Waals surface area contributed by atoms with E-state index in [0.717, 1.165) is 0 Å². The van der Waals surface area contributed by atoms with Crippen molar-refractivity contribution in [2.24, 2.45) is 0 Å². The molecule has 6 heteroatoms. The number of pyridine rings is 1. The second-order valence-corrected chi connectivity index (χ2v) is 4.08. The maximum absolute atomic E-state index is 10.7. The lowest BCUT2D eigenvalue weighted by Gasteiger charge is -2.07. The van der Waals surface area contributed by atoms with Gasteiger partial charge in [-0.05, 0) is 29.8 Å². The summed E-state index contributed by atoms with van der Waals surface area (Å²) in [5.41, 5.74) is 0.574. The first-order valence-corrected chi connectivity index (χ1v) is 5.80. The van der Waals surface area contributed by atoms with Gasteiger partial charge in [0.05, 0.1) is 9.40 Å². The fraction of sp³-hybridized carbons (Fsp3) is 0.364. The third-order valence-electron chi connectivity index (χ3n) is 2.15. The van der Waals surface area contributed by atoms with E-state index in [4.69, 9.17) is 0 Å². The van der Waals surface area contributed by atoms with Crippen LogP contribution in [-0.4, -0.2) is 16.5 Å². The van der Waals surface area contributed by atoms with Crippen molar-refractivity contribution in [2.75, 3.05) is 11.9 Å². The van der Waals surface area contributed by atoms with Gasteiger partial charge in [0.1, 0.15) is 12.0 Å². The number of halogens is 1. The van der Waals surface area contributed by atoms with Crippen LogP contribution in [0.25, 0.3) is 0 Å². The molecule has 90 valence electrons. The second kappa shape index (κ2) is 6.21. The smallest absolute Gasteiger partial charge is 0.291 e. The first-order valence-electron chi connectivity index (χ1n) is 5.01. The fourth-order valence-electron chi connectivity index (χ4n) is 1.24.